The summed E-state index contributed by atoms with van der Waals surface area (Å²) >= 11 is 0. The molecule has 0 aromatic heterocycles. The van der Waals surface area contributed by atoms with Gasteiger partial charge in [-0.25, -0.2) is 0 Å². The Labute approximate surface area is 116 Å². The first-order valence-electron chi connectivity index (χ1n) is 5.70. The molecule has 0 aliphatic carbocycles. The van der Waals surface area contributed by atoms with Gasteiger partial charge in [-0.2, -0.15) is 0 Å². The fraction of sp³-hybridized carbons (Fsp3) is 0.692. The van der Waals surface area contributed by atoms with Crippen LogP contribution in [0.4, 0.5) is 0 Å². The summed E-state index contributed by atoms with van der Waals surface area (Å²) in [7, 11) is 17.0. The van der Waals surface area contributed by atoms with Crippen molar-refractivity contribution in [1.29, 1.82) is 0 Å². The summed E-state index contributed by atoms with van der Waals surface area (Å²) < 4.78 is 2.00. The highest BCUT2D eigenvalue weighted by atomic mass is 16.4. The molecule has 0 aliphatic heterocycles. The summed E-state index contributed by atoms with van der Waals surface area (Å²) in [5.41, 5.74) is -0.477. The number of carboxylic acids is 2. The number of rotatable bonds is 3. The number of aliphatic carboxylic acids is 2. The Bertz CT molecular complexity index is 275. The van der Waals surface area contributed by atoms with Gasteiger partial charge in [0.1, 0.15) is 0 Å². The Morgan fingerprint density at radius 2 is 1.05 bits per heavy atom. The van der Waals surface area contributed by atoms with E-state index in [4.69, 9.17) is 0 Å². The molecule has 0 N–H and O–H groups in total. The molecule has 0 aliphatic rings. The van der Waals surface area contributed by atoms with Crippen LogP contribution in [0.5, 0.6) is 0 Å². The first-order valence-corrected chi connectivity index (χ1v) is 5.70. The van der Waals surface area contributed by atoms with Crippen LogP contribution in [0.25, 0.3) is 0 Å². The molecule has 0 radical (unpaired) electrons. The van der Waals surface area contributed by atoms with Crippen LogP contribution in [-0.2, 0) is 9.59 Å². The maximum absolute atomic E-state index is 9.73. The minimum absolute atomic E-state index is 0.477. The number of carbonyl (C=O) groups is 2. The van der Waals surface area contributed by atoms with Crippen molar-refractivity contribution in [3.8, 4) is 0 Å². The standard InChI is InChI=1S/C5H6O4.2C4H12N/c1-3(5(8)9)2-4(6)7;2*1-5(2,3)4/h1-2H2,(H,6,7)(H,8,9);2*1-4H3/q;2*+1/p-2. The SMILES string of the molecule is C=C(CC(=O)[O-])C(=O)[O-].C[N+](C)(C)C.C[N+](C)(C)C. The van der Waals surface area contributed by atoms with Gasteiger partial charge in [-0.15, -0.1) is 0 Å². The summed E-state index contributed by atoms with van der Waals surface area (Å²) in [6, 6.07) is 0. The van der Waals surface area contributed by atoms with Crippen molar-refractivity contribution in [2.75, 3.05) is 56.4 Å². The summed E-state index contributed by atoms with van der Waals surface area (Å²) in [4.78, 5) is 19.4. The molecule has 19 heavy (non-hydrogen) atoms. The minimum Gasteiger partial charge on any atom is -0.550 e. The van der Waals surface area contributed by atoms with Crippen molar-refractivity contribution in [3.05, 3.63) is 12.2 Å². The summed E-state index contributed by atoms with van der Waals surface area (Å²) in [6.07, 6.45) is -0.678. The Kier molecular flexibility index (Phi) is 11.4. The molecule has 114 valence electrons. The normalized spacial score (nSPS) is 10.3. The van der Waals surface area contributed by atoms with Gasteiger partial charge in [0.15, 0.2) is 0 Å². The van der Waals surface area contributed by atoms with E-state index < -0.39 is 23.9 Å². The number of quaternary nitrogens is 2. The molecule has 0 aromatic carbocycles. The maximum Gasteiger partial charge on any atom is 0.0675 e. The molecule has 6 heteroatoms. The largest absolute Gasteiger partial charge is 0.550 e. The summed E-state index contributed by atoms with van der Waals surface area (Å²) in [5.74, 6) is -3.02. The third kappa shape index (κ3) is 81.2. The zero-order chi connectivity index (χ0) is 16.4. The summed E-state index contributed by atoms with van der Waals surface area (Å²) in [5, 5.41) is 19.4. The van der Waals surface area contributed by atoms with Crippen LogP contribution in [0.15, 0.2) is 12.2 Å². The number of carbonyl (C=O) groups excluding carboxylic acids is 2. The molecule has 0 aromatic rings. The predicted molar refractivity (Wildman–Crippen MR) is 71.7 cm³/mol. The highest BCUT2D eigenvalue weighted by molar-refractivity contribution is 5.89. The molecule has 0 saturated heterocycles. The van der Waals surface area contributed by atoms with E-state index >= 15 is 0 Å². The van der Waals surface area contributed by atoms with E-state index in [1.807, 2.05) is 0 Å². The van der Waals surface area contributed by atoms with Gasteiger partial charge in [0.2, 0.25) is 0 Å². The van der Waals surface area contributed by atoms with E-state index in [2.05, 4.69) is 63.0 Å². The van der Waals surface area contributed by atoms with Gasteiger partial charge in [0.05, 0.1) is 62.4 Å². The number of nitrogens with zero attached hydrogens (tertiary/aromatic N) is 2. The number of carboxylic acid groups (broad SMARTS) is 2. The molecular formula is C13H28N2O4. The van der Waals surface area contributed by atoms with Crippen LogP contribution in [-0.4, -0.2) is 77.3 Å². The van der Waals surface area contributed by atoms with Crippen molar-refractivity contribution in [1.82, 2.24) is 0 Å². The molecule has 0 amide bonds. The van der Waals surface area contributed by atoms with E-state index in [9.17, 15) is 19.8 Å². The molecule has 0 spiro atoms. The van der Waals surface area contributed by atoms with Gasteiger partial charge in [-0.3, -0.25) is 0 Å². The lowest BCUT2D eigenvalue weighted by Gasteiger charge is -2.14. The van der Waals surface area contributed by atoms with Gasteiger partial charge in [-0.05, 0) is 5.57 Å². The van der Waals surface area contributed by atoms with E-state index in [0.29, 0.717) is 0 Å². The van der Waals surface area contributed by atoms with Crippen molar-refractivity contribution in [3.63, 3.8) is 0 Å². The van der Waals surface area contributed by atoms with Gasteiger partial charge < -0.3 is 28.8 Å². The topological polar surface area (TPSA) is 80.3 Å². The Hall–Kier alpha value is -1.40. The van der Waals surface area contributed by atoms with Crippen molar-refractivity contribution in [2.45, 2.75) is 6.42 Å². The molecule has 0 unspecified atom stereocenters. The van der Waals surface area contributed by atoms with Crippen molar-refractivity contribution in [2.24, 2.45) is 0 Å². The van der Waals surface area contributed by atoms with Crippen LogP contribution in [0.1, 0.15) is 6.42 Å². The van der Waals surface area contributed by atoms with E-state index in [1.54, 1.807) is 0 Å². The average Bonchev–Trinajstić information content (AvgIpc) is 1.94. The Balaban J connectivity index is -0.000000219. The first-order chi connectivity index (χ1) is 8.04. The molecular weight excluding hydrogens is 248 g/mol. The molecule has 0 heterocycles. The fourth-order valence-electron chi connectivity index (χ4n) is 0.246. The first kappa shape index (κ1) is 22.8. The Morgan fingerprint density at radius 3 is 1.11 bits per heavy atom. The highest BCUT2D eigenvalue weighted by Crippen LogP contribution is 1.92. The van der Waals surface area contributed by atoms with E-state index in [1.165, 1.54) is 0 Å². The zero-order valence-corrected chi connectivity index (χ0v) is 13.4. The van der Waals surface area contributed by atoms with Gasteiger partial charge in [0.25, 0.3) is 0 Å². The van der Waals surface area contributed by atoms with Gasteiger partial charge >= 0.3 is 0 Å². The van der Waals surface area contributed by atoms with Gasteiger partial charge in [-0.1, -0.05) is 6.58 Å². The second-order valence-electron chi connectivity index (χ2n) is 6.81. The Morgan fingerprint density at radius 1 is 0.842 bits per heavy atom. The maximum atomic E-state index is 9.73. The van der Waals surface area contributed by atoms with E-state index in [-0.39, 0.29) is 0 Å². The van der Waals surface area contributed by atoms with Crippen molar-refractivity contribution < 1.29 is 28.8 Å². The molecule has 0 bridgehead atoms. The summed E-state index contributed by atoms with van der Waals surface area (Å²) in [6.45, 7) is 2.91. The quantitative estimate of drug-likeness (QED) is 0.444. The molecule has 6 nitrogen and oxygen atoms in total. The fourth-order valence-corrected chi connectivity index (χ4v) is 0.246. The van der Waals surface area contributed by atoms with Crippen LogP contribution < -0.4 is 10.2 Å². The van der Waals surface area contributed by atoms with Crippen molar-refractivity contribution >= 4 is 11.9 Å². The monoisotopic (exact) mass is 276 g/mol. The predicted octanol–water partition coefficient (Wildman–Crippen LogP) is -1.92. The minimum atomic E-state index is -1.56. The van der Waals surface area contributed by atoms with Crippen LogP contribution in [0, 0.1) is 0 Å². The number of hydrogen-bond acceptors (Lipinski definition) is 4. The lowest BCUT2D eigenvalue weighted by molar-refractivity contribution is -0.849. The van der Waals surface area contributed by atoms with Crippen LogP contribution in [0.3, 0.4) is 0 Å². The molecule has 0 rings (SSSR count). The smallest absolute Gasteiger partial charge is 0.0675 e. The molecule has 0 saturated carbocycles. The second-order valence-corrected chi connectivity index (χ2v) is 6.81. The van der Waals surface area contributed by atoms with E-state index in [0.717, 1.165) is 8.97 Å². The molecule has 0 fully saturated rings. The van der Waals surface area contributed by atoms with Crippen LogP contribution >= 0.6 is 0 Å². The van der Waals surface area contributed by atoms with Crippen LogP contribution in [0.2, 0.25) is 0 Å². The number of hydrogen-bond donors (Lipinski definition) is 0. The zero-order valence-electron chi connectivity index (χ0n) is 13.4. The second kappa shape index (κ2) is 9.52. The lowest BCUT2D eigenvalue weighted by Crippen LogP contribution is -2.29. The third-order valence-corrected chi connectivity index (χ3v) is 0.646. The average molecular weight is 276 g/mol. The third-order valence-electron chi connectivity index (χ3n) is 0.646. The highest BCUT2D eigenvalue weighted by Gasteiger charge is 1.93. The van der Waals surface area contributed by atoms with Gasteiger partial charge in [0, 0.05) is 12.4 Å². The lowest BCUT2D eigenvalue weighted by atomic mass is 10.2. The molecule has 0 atom stereocenters.